The molecule has 9 nitrogen and oxygen atoms in total. The molecule has 4 N–H and O–H groups in total. The summed E-state index contributed by atoms with van der Waals surface area (Å²) < 4.78 is 17.2. The zero-order valence-corrected chi connectivity index (χ0v) is 21.8. The van der Waals surface area contributed by atoms with E-state index in [1.54, 1.807) is 18.2 Å². The number of hydrogen-bond acceptors (Lipinski definition) is 7. The van der Waals surface area contributed by atoms with Gasteiger partial charge in [-0.25, -0.2) is 0 Å². The number of epoxide rings is 1. The molecule has 0 bridgehead atoms. The molecule has 0 aromatic carbocycles. The zero-order valence-electron chi connectivity index (χ0n) is 21.8. The molecule has 9 heteroatoms. The molecule has 3 aliphatic heterocycles. The van der Waals surface area contributed by atoms with Gasteiger partial charge in [-0.05, 0) is 44.6 Å². The van der Waals surface area contributed by atoms with Crippen LogP contribution in [0.4, 0.5) is 0 Å². The molecule has 0 saturated carbocycles. The Kier molecular flexibility index (Phi) is 9.16. The number of aliphatic hydroxyl groups excluding tert-OH is 1. The van der Waals surface area contributed by atoms with Gasteiger partial charge in [0.05, 0.1) is 31.3 Å². The predicted octanol–water partition coefficient (Wildman–Crippen LogP) is 2.47. The Bertz CT molecular complexity index is 892. The first kappa shape index (κ1) is 28.5. The van der Waals surface area contributed by atoms with E-state index in [9.17, 15) is 19.8 Å². The lowest BCUT2D eigenvalue weighted by Gasteiger charge is -2.41. The molecule has 3 saturated heterocycles. The van der Waals surface area contributed by atoms with Gasteiger partial charge in [0.15, 0.2) is 5.79 Å². The highest BCUT2D eigenvalue weighted by molar-refractivity contribution is 5.87. The summed E-state index contributed by atoms with van der Waals surface area (Å²) >= 11 is 0. The maximum Gasteiger partial charge on any atom is 0.308 e. The maximum absolute atomic E-state index is 12.2. The van der Waals surface area contributed by atoms with Gasteiger partial charge in [-0.3, -0.25) is 9.59 Å². The summed E-state index contributed by atoms with van der Waals surface area (Å²) in [5, 5.41) is 33.5. The molecule has 1 amide bonds. The van der Waals surface area contributed by atoms with Crippen LogP contribution in [0.15, 0.2) is 36.0 Å². The van der Waals surface area contributed by atoms with Gasteiger partial charge in [0.2, 0.25) is 5.91 Å². The van der Waals surface area contributed by atoms with Gasteiger partial charge in [-0.15, -0.1) is 0 Å². The zero-order chi connectivity index (χ0) is 26.7. The van der Waals surface area contributed by atoms with Gasteiger partial charge < -0.3 is 34.8 Å². The van der Waals surface area contributed by atoms with Crippen molar-refractivity contribution in [2.24, 2.45) is 11.8 Å². The lowest BCUT2D eigenvalue weighted by atomic mass is 9.85. The normalized spacial score (nSPS) is 39.3. The Labute approximate surface area is 213 Å². The molecular formula is C27H41NO8. The van der Waals surface area contributed by atoms with Crippen LogP contribution in [-0.2, 0) is 23.8 Å². The van der Waals surface area contributed by atoms with Crippen molar-refractivity contribution in [1.29, 1.82) is 0 Å². The minimum Gasteiger partial charge on any atom is -0.481 e. The van der Waals surface area contributed by atoms with E-state index >= 15 is 0 Å². The molecule has 1 unspecified atom stereocenters. The van der Waals surface area contributed by atoms with E-state index in [4.69, 9.17) is 19.3 Å². The Morgan fingerprint density at radius 1 is 1.22 bits per heavy atom. The molecule has 0 aromatic heterocycles. The van der Waals surface area contributed by atoms with Crippen molar-refractivity contribution in [3.05, 3.63) is 36.0 Å². The van der Waals surface area contributed by atoms with Crippen molar-refractivity contribution in [2.45, 2.75) is 102 Å². The van der Waals surface area contributed by atoms with Gasteiger partial charge in [0.1, 0.15) is 17.8 Å². The third-order valence-electron chi connectivity index (χ3n) is 7.12. The highest BCUT2D eigenvalue weighted by Gasteiger charge is 2.62. The summed E-state index contributed by atoms with van der Waals surface area (Å²) in [5.74, 6) is -2.62. The summed E-state index contributed by atoms with van der Waals surface area (Å²) in [5.41, 5.74) is -0.0470. The monoisotopic (exact) mass is 507 g/mol. The number of allylic oxidation sites excluding steroid dienone is 3. The average molecular weight is 508 g/mol. The molecule has 3 fully saturated rings. The van der Waals surface area contributed by atoms with Crippen molar-refractivity contribution in [3.63, 3.8) is 0 Å². The van der Waals surface area contributed by atoms with E-state index in [1.165, 1.54) is 0 Å². The first-order valence-corrected chi connectivity index (χ1v) is 12.8. The number of amides is 1. The van der Waals surface area contributed by atoms with Crippen molar-refractivity contribution in [2.75, 3.05) is 6.61 Å². The number of carboxylic acid groups (broad SMARTS) is 1. The minimum atomic E-state index is -1.90. The molecule has 0 aromatic rings. The number of rotatable bonds is 9. The lowest BCUT2D eigenvalue weighted by Crippen LogP contribution is -2.56. The first-order valence-electron chi connectivity index (χ1n) is 12.8. The first-order chi connectivity index (χ1) is 16.8. The molecule has 8 atom stereocenters. The maximum atomic E-state index is 12.2. The second-order valence-electron chi connectivity index (χ2n) is 10.9. The highest BCUT2D eigenvalue weighted by Crippen LogP contribution is 2.46. The van der Waals surface area contributed by atoms with Gasteiger partial charge in [-0.2, -0.15) is 0 Å². The molecule has 3 rings (SSSR count). The van der Waals surface area contributed by atoms with E-state index in [2.05, 4.69) is 12.2 Å². The average Bonchev–Trinajstić information content (AvgIpc) is 3.54. The van der Waals surface area contributed by atoms with Crippen LogP contribution in [0.5, 0.6) is 0 Å². The van der Waals surface area contributed by atoms with Crippen LogP contribution in [0.2, 0.25) is 0 Å². The second kappa shape index (κ2) is 11.6. The van der Waals surface area contributed by atoms with E-state index in [0.717, 1.165) is 12.0 Å². The summed E-state index contributed by atoms with van der Waals surface area (Å²) in [4.78, 5) is 23.3. The van der Waals surface area contributed by atoms with Crippen LogP contribution in [-0.4, -0.2) is 75.6 Å². The Balaban J connectivity index is 1.55. The third kappa shape index (κ3) is 7.49. The van der Waals surface area contributed by atoms with Crippen LogP contribution in [0.3, 0.4) is 0 Å². The minimum absolute atomic E-state index is 0.00280. The van der Waals surface area contributed by atoms with E-state index < -0.39 is 36.0 Å². The summed E-state index contributed by atoms with van der Waals surface area (Å²) in [6.45, 7) is 10.3. The van der Waals surface area contributed by atoms with Crippen LogP contribution in [0.25, 0.3) is 0 Å². The van der Waals surface area contributed by atoms with Crippen molar-refractivity contribution in [1.82, 2.24) is 5.32 Å². The number of aliphatic carboxylic acids is 1. The molecule has 1 spiro atoms. The number of carboxylic acids is 1. The van der Waals surface area contributed by atoms with Crippen molar-refractivity contribution >= 4 is 11.9 Å². The SMILES string of the molecule is CC(/C=C/[C@H]1OC(O)(CC(=O)O)C[C@@]2(CO2)[C@@H]1O)=C\C[C@@H]1O[C@H](C)[C@H](NC(=O)/C=C\C(C)C)C[C@@H]1C. The summed E-state index contributed by atoms with van der Waals surface area (Å²) in [6.07, 6.45) is 7.74. The fourth-order valence-corrected chi connectivity index (χ4v) is 4.92. The molecular weight excluding hydrogens is 466 g/mol. The van der Waals surface area contributed by atoms with Crippen LogP contribution in [0.1, 0.15) is 60.3 Å². The van der Waals surface area contributed by atoms with Crippen LogP contribution >= 0.6 is 0 Å². The molecule has 3 heterocycles. The van der Waals surface area contributed by atoms with Crippen molar-refractivity contribution in [3.8, 4) is 0 Å². The number of ether oxygens (including phenoxy) is 3. The van der Waals surface area contributed by atoms with Gasteiger partial charge in [0.25, 0.3) is 0 Å². The number of hydrogen-bond donors (Lipinski definition) is 4. The van der Waals surface area contributed by atoms with E-state index in [0.29, 0.717) is 12.3 Å². The Hall–Kier alpha value is -2.04. The smallest absolute Gasteiger partial charge is 0.308 e. The van der Waals surface area contributed by atoms with Crippen molar-refractivity contribution < 1.29 is 39.1 Å². The lowest BCUT2D eigenvalue weighted by molar-refractivity contribution is -0.284. The highest BCUT2D eigenvalue weighted by atomic mass is 16.7. The summed E-state index contributed by atoms with van der Waals surface area (Å²) in [7, 11) is 0. The molecule has 3 aliphatic rings. The van der Waals surface area contributed by atoms with Gasteiger partial charge in [-0.1, -0.05) is 50.6 Å². The number of carbonyl (C=O) groups excluding carboxylic acids is 1. The fourth-order valence-electron chi connectivity index (χ4n) is 4.92. The molecule has 0 aliphatic carbocycles. The molecule has 202 valence electrons. The Morgan fingerprint density at radius 3 is 2.53 bits per heavy atom. The van der Waals surface area contributed by atoms with E-state index in [-0.39, 0.29) is 43.1 Å². The molecule has 0 radical (unpaired) electrons. The predicted molar refractivity (Wildman–Crippen MR) is 133 cm³/mol. The molecule has 36 heavy (non-hydrogen) atoms. The topological polar surface area (TPSA) is 138 Å². The van der Waals surface area contributed by atoms with Gasteiger partial charge in [0, 0.05) is 6.42 Å². The standard InChI is InChI=1S/C27H41NO8/c1-16(2)6-11-23(29)28-20-12-18(4)21(35-19(20)5)9-7-17(3)8-10-22-25(32)26(15-34-26)14-27(33,36-22)13-24(30)31/h6-8,10-11,16,18-22,25,32-33H,9,12-15H2,1-5H3,(H,28,29)(H,30,31)/b10-8+,11-6-,17-7+/t18-,19+,20+,21-,22+,25+,26+,27?/m0/s1. The fraction of sp³-hybridized carbons (Fsp3) is 0.704. The number of nitrogens with one attached hydrogen (secondary N) is 1. The summed E-state index contributed by atoms with van der Waals surface area (Å²) in [6, 6.07) is -0.0445. The van der Waals surface area contributed by atoms with Crippen LogP contribution < -0.4 is 5.32 Å². The van der Waals surface area contributed by atoms with E-state index in [1.807, 2.05) is 39.8 Å². The third-order valence-corrected chi connectivity index (χ3v) is 7.12. The van der Waals surface area contributed by atoms with Crippen LogP contribution in [0, 0.1) is 11.8 Å². The second-order valence-corrected chi connectivity index (χ2v) is 10.9. The number of aliphatic hydroxyl groups is 2. The number of carbonyl (C=O) groups is 2. The Morgan fingerprint density at radius 2 is 1.92 bits per heavy atom. The largest absolute Gasteiger partial charge is 0.481 e. The van der Waals surface area contributed by atoms with Gasteiger partial charge >= 0.3 is 5.97 Å². The quantitative estimate of drug-likeness (QED) is 0.212.